The first-order valence-corrected chi connectivity index (χ1v) is 8.53. The van der Waals surface area contributed by atoms with Gasteiger partial charge in [-0.2, -0.15) is 18.3 Å². The molecule has 0 unspecified atom stereocenters. The SMILES string of the molecule is O=C(NCc1cc(F)cc(F)c1)c1ccc(-c2cc(C(F)(F)F)n(CF)n2)s1. The van der Waals surface area contributed by atoms with Crippen LogP contribution in [0.4, 0.5) is 26.3 Å². The third-order valence-corrected chi connectivity index (χ3v) is 4.75. The smallest absolute Gasteiger partial charge is 0.347 e. The van der Waals surface area contributed by atoms with E-state index in [4.69, 9.17) is 0 Å². The summed E-state index contributed by atoms with van der Waals surface area (Å²) in [6, 6.07) is 6.26. The Hall–Kier alpha value is -2.82. The number of aromatic nitrogens is 2. The Kier molecular flexibility index (Phi) is 5.45. The molecule has 0 atom stereocenters. The Bertz CT molecular complexity index is 990. The Morgan fingerprint density at radius 2 is 1.79 bits per heavy atom. The molecule has 1 N–H and O–H groups in total. The minimum absolute atomic E-state index is 0.124. The first kappa shape index (κ1) is 19.9. The van der Waals surface area contributed by atoms with Crippen molar-refractivity contribution in [3.8, 4) is 10.6 Å². The van der Waals surface area contributed by atoms with Crippen molar-refractivity contribution in [2.45, 2.75) is 19.5 Å². The first-order chi connectivity index (χ1) is 13.2. The third kappa shape index (κ3) is 4.35. The number of rotatable bonds is 5. The van der Waals surface area contributed by atoms with Gasteiger partial charge in [0.1, 0.15) is 23.0 Å². The second-order valence-electron chi connectivity index (χ2n) is 5.66. The van der Waals surface area contributed by atoms with Gasteiger partial charge >= 0.3 is 6.18 Å². The number of nitrogens with one attached hydrogen (secondary N) is 1. The van der Waals surface area contributed by atoms with E-state index < -0.39 is 36.2 Å². The zero-order valence-corrected chi connectivity index (χ0v) is 14.7. The second kappa shape index (κ2) is 7.66. The molecule has 3 rings (SSSR count). The molecule has 2 heterocycles. The number of carbonyl (C=O) groups is 1. The van der Waals surface area contributed by atoms with E-state index in [0.29, 0.717) is 12.1 Å². The molecule has 1 aromatic carbocycles. The summed E-state index contributed by atoms with van der Waals surface area (Å²) < 4.78 is 77.9. The van der Waals surface area contributed by atoms with Crippen LogP contribution in [-0.2, 0) is 19.5 Å². The van der Waals surface area contributed by atoms with Crippen LogP contribution in [-0.4, -0.2) is 15.7 Å². The number of thiophene rings is 1. The molecule has 0 saturated carbocycles. The summed E-state index contributed by atoms with van der Waals surface area (Å²) in [5.41, 5.74) is -1.15. The fourth-order valence-corrected chi connectivity index (χ4v) is 3.31. The lowest BCUT2D eigenvalue weighted by molar-refractivity contribution is -0.145. The van der Waals surface area contributed by atoms with Gasteiger partial charge in [-0.15, -0.1) is 11.3 Å². The van der Waals surface area contributed by atoms with Gasteiger partial charge in [-0.1, -0.05) is 0 Å². The zero-order valence-electron chi connectivity index (χ0n) is 13.9. The van der Waals surface area contributed by atoms with Crippen molar-refractivity contribution >= 4 is 17.2 Å². The van der Waals surface area contributed by atoms with Crippen molar-refractivity contribution in [2.24, 2.45) is 0 Å². The van der Waals surface area contributed by atoms with E-state index in [1.807, 2.05) is 0 Å². The lowest BCUT2D eigenvalue weighted by Crippen LogP contribution is -2.21. The zero-order chi connectivity index (χ0) is 20.5. The summed E-state index contributed by atoms with van der Waals surface area (Å²) >= 11 is 0.853. The van der Waals surface area contributed by atoms with Gasteiger partial charge in [-0.25, -0.2) is 17.9 Å². The molecular formula is C17H11F6N3OS. The Labute approximate surface area is 158 Å². The Balaban J connectivity index is 1.75. The van der Waals surface area contributed by atoms with Crippen molar-refractivity contribution in [3.63, 3.8) is 0 Å². The summed E-state index contributed by atoms with van der Waals surface area (Å²) in [6.45, 7) is -1.59. The molecule has 0 saturated heterocycles. The molecule has 0 spiro atoms. The average Bonchev–Trinajstić information content (AvgIpc) is 3.25. The van der Waals surface area contributed by atoms with Crippen molar-refractivity contribution in [2.75, 3.05) is 0 Å². The van der Waals surface area contributed by atoms with Crippen LogP contribution in [0.5, 0.6) is 0 Å². The number of halogens is 6. The first-order valence-electron chi connectivity index (χ1n) is 7.72. The molecule has 0 fully saturated rings. The summed E-state index contributed by atoms with van der Waals surface area (Å²) in [4.78, 5) is 12.6. The second-order valence-corrected chi connectivity index (χ2v) is 6.74. The van der Waals surface area contributed by atoms with Crippen LogP contribution in [0.1, 0.15) is 20.9 Å². The van der Waals surface area contributed by atoms with Crippen molar-refractivity contribution < 1.29 is 31.1 Å². The lowest BCUT2D eigenvalue weighted by Gasteiger charge is -2.05. The maximum absolute atomic E-state index is 13.1. The van der Waals surface area contributed by atoms with Crippen LogP contribution in [0.15, 0.2) is 36.4 Å². The molecule has 0 aliphatic carbocycles. The van der Waals surface area contributed by atoms with Crippen LogP contribution in [0, 0.1) is 11.6 Å². The van der Waals surface area contributed by atoms with Gasteiger partial charge in [-0.3, -0.25) is 4.79 Å². The van der Waals surface area contributed by atoms with Crippen LogP contribution < -0.4 is 5.32 Å². The maximum Gasteiger partial charge on any atom is 0.433 e. The summed E-state index contributed by atoms with van der Waals surface area (Å²) in [5.74, 6) is -2.15. The average molecular weight is 419 g/mol. The molecule has 4 nitrogen and oxygen atoms in total. The van der Waals surface area contributed by atoms with Gasteiger partial charge in [0.15, 0.2) is 6.80 Å². The molecule has 28 heavy (non-hydrogen) atoms. The van der Waals surface area contributed by atoms with Crippen LogP contribution in [0.25, 0.3) is 10.6 Å². The highest BCUT2D eigenvalue weighted by Crippen LogP contribution is 2.34. The number of nitrogens with zero attached hydrogens (tertiary/aromatic N) is 2. The largest absolute Gasteiger partial charge is 0.433 e. The molecule has 0 aliphatic heterocycles. The molecule has 0 bridgehead atoms. The highest BCUT2D eigenvalue weighted by molar-refractivity contribution is 7.17. The third-order valence-electron chi connectivity index (χ3n) is 3.64. The quantitative estimate of drug-likeness (QED) is 0.606. The van der Waals surface area contributed by atoms with Gasteiger partial charge in [-0.05, 0) is 35.9 Å². The van der Waals surface area contributed by atoms with Gasteiger partial charge in [0, 0.05) is 12.6 Å². The fraction of sp³-hybridized carbons (Fsp3) is 0.176. The number of benzene rings is 1. The van der Waals surface area contributed by atoms with E-state index >= 15 is 0 Å². The summed E-state index contributed by atoms with van der Waals surface area (Å²) in [7, 11) is 0. The standard InChI is InChI=1S/C17H11F6N3OS/c18-8-26-15(17(21,22)23)6-12(25-26)13-1-2-14(28-13)16(27)24-7-9-3-10(19)5-11(20)4-9/h1-6H,7-8H2,(H,24,27). The molecule has 0 radical (unpaired) electrons. The summed E-state index contributed by atoms with van der Waals surface area (Å²) in [5, 5.41) is 6.03. The molecule has 1 amide bonds. The van der Waals surface area contributed by atoms with E-state index in [1.54, 1.807) is 0 Å². The monoisotopic (exact) mass is 419 g/mol. The van der Waals surface area contributed by atoms with E-state index in [9.17, 15) is 31.1 Å². The molecule has 11 heteroatoms. The minimum Gasteiger partial charge on any atom is -0.347 e. The molecule has 2 aromatic heterocycles. The number of amides is 1. The highest BCUT2D eigenvalue weighted by atomic mass is 32.1. The molecule has 3 aromatic rings. The van der Waals surface area contributed by atoms with E-state index in [2.05, 4.69) is 10.4 Å². The normalized spacial score (nSPS) is 11.6. The minimum atomic E-state index is -4.77. The van der Waals surface area contributed by atoms with Crippen LogP contribution in [0.3, 0.4) is 0 Å². The highest BCUT2D eigenvalue weighted by Gasteiger charge is 2.36. The van der Waals surface area contributed by atoms with Crippen LogP contribution in [0.2, 0.25) is 0 Å². The van der Waals surface area contributed by atoms with Gasteiger partial charge in [0.25, 0.3) is 5.91 Å². The van der Waals surface area contributed by atoms with Gasteiger partial charge in [0.05, 0.1) is 9.75 Å². The van der Waals surface area contributed by atoms with E-state index in [-0.39, 0.29) is 32.2 Å². The Morgan fingerprint density at radius 1 is 1.11 bits per heavy atom. The lowest BCUT2D eigenvalue weighted by atomic mass is 10.2. The fourth-order valence-electron chi connectivity index (χ4n) is 2.44. The number of alkyl halides is 4. The topological polar surface area (TPSA) is 46.9 Å². The van der Waals surface area contributed by atoms with Gasteiger partial charge < -0.3 is 5.32 Å². The molecule has 148 valence electrons. The van der Waals surface area contributed by atoms with Crippen molar-refractivity contribution in [1.29, 1.82) is 0 Å². The maximum atomic E-state index is 13.1. The van der Waals surface area contributed by atoms with Gasteiger partial charge in [0.2, 0.25) is 0 Å². The predicted octanol–water partition coefficient (Wildman–Crippen LogP) is 4.77. The number of hydrogen-bond donors (Lipinski definition) is 1. The Morgan fingerprint density at radius 3 is 2.36 bits per heavy atom. The van der Waals surface area contributed by atoms with E-state index in [0.717, 1.165) is 23.5 Å². The van der Waals surface area contributed by atoms with Crippen molar-refractivity contribution in [1.82, 2.24) is 15.1 Å². The number of carbonyl (C=O) groups excluding carboxylic acids is 1. The van der Waals surface area contributed by atoms with Crippen molar-refractivity contribution in [3.05, 3.63) is 64.2 Å². The predicted molar refractivity (Wildman–Crippen MR) is 89.2 cm³/mol. The van der Waals surface area contributed by atoms with E-state index in [1.165, 1.54) is 12.1 Å². The molecule has 0 aliphatic rings. The van der Waals surface area contributed by atoms with Crippen LogP contribution >= 0.6 is 11.3 Å². The number of hydrogen-bond acceptors (Lipinski definition) is 3. The molecular weight excluding hydrogens is 408 g/mol. The summed E-state index contributed by atoms with van der Waals surface area (Å²) in [6.07, 6.45) is -4.77.